The highest BCUT2D eigenvalue weighted by Crippen LogP contribution is 2.40. The standard InChI is InChI=1S/C25H36N2O2/c1-15(2)18-11-10-17(5)14-22(18)29-25(28)27-13-12-20-19-8-6-7-9-21(19)26-23(20)24(27)16(3)4/h6-9,15-18,22,24,26H,10-14H2,1-5H3/t17-,18+,22-,24?/m1/s1. The van der Waals surface area contributed by atoms with Gasteiger partial charge < -0.3 is 9.72 Å². The minimum atomic E-state index is -0.127. The summed E-state index contributed by atoms with van der Waals surface area (Å²) in [6.45, 7) is 11.9. The number of nitrogens with zero attached hydrogens (tertiary/aromatic N) is 1. The summed E-state index contributed by atoms with van der Waals surface area (Å²) in [5.74, 6) is 1.97. The number of amides is 1. The number of ether oxygens (including phenoxy) is 1. The number of hydrogen-bond donors (Lipinski definition) is 1. The molecule has 1 fully saturated rings. The van der Waals surface area contributed by atoms with Gasteiger partial charge >= 0.3 is 6.09 Å². The molecular formula is C25H36N2O2. The van der Waals surface area contributed by atoms with Crippen molar-refractivity contribution in [2.75, 3.05) is 6.54 Å². The van der Waals surface area contributed by atoms with E-state index in [2.05, 4.69) is 63.9 Å². The van der Waals surface area contributed by atoms with Crippen molar-refractivity contribution in [3.8, 4) is 0 Å². The van der Waals surface area contributed by atoms with Crippen LogP contribution < -0.4 is 0 Å². The summed E-state index contributed by atoms with van der Waals surface area (Å²) < 4.78 is 6.22. The molecule has 0 saturated heterocycles. The molecule has 4 nitrogen and oxygen atoms in total. The van der Waals surface area contributed by atoms with Gasteiger partial charge in [-0.25, -0.2) is 4.79 Å². The molecule has 1 amide bonds. The van der Waals surface area contributed by atoms with E-state index in [4.69, 9.17) is 4.74 Å². The van der Waals surface area contributed by atoms with Gasteiger partial charge in [0, 0.05) is 23.1 Å². The van der Waals surface area contributed by atoms with Gasteiger partial charge in [0.2, 0.25) is 0 Å². The van der Waals surface area contributed by atoms with Gasteiger partial charge in [-0.3, -0.25) is 4.90 Å². The van der Waals surface area contributed by atoms with E-state index in [0.29, 0.717) is 23.7 Å². The van der Waals surface area contributed by atoms with Gasteiger partial charge in [0.1, 0.15) is 6.10 Å². The summed E-state index contributed by atoms with van der Waals surface area (Å²) in [6, 6.07) is 8.52. The monoisotopic (exact) mass is 396 g/mol. The lowest BCUT2D eigenvalue weighted by atomic mass is 9.75. The quantitative estimate of drug-likeness (QED) is 0.660. The van der Waals surface area contributed by atoms with Crippen LogP contribution in [0.4, 0.5) is 4.79 Å². The fourth-order valence-electron chi connectivity index (χ4n) is 5.62. The summed E-state index contributed by atoms with van der Waals surface area (Å²) in [6.07, 6.45) is 4.20. The van der Waals surface area contributed by atoms with Crippen LogP contribution in [-0.4, -0.2) is 28.6 Å². The van der Waals surface area contributed by atoms with Gasteiger partial charge in [0.05, 0.1) is 6.04 Å². The number of benzene rings is 1. The lowest BCUT2D eigenvalue weighted by Crippen LogP contribution is -2.45. The molecular weight excluding hydrogens is 360 g/mol. The van der Waals surface area contributed by atoms with Gasteiger partial charge in [0.15, 0.2) is 0 Å². The smallest absolute Gasteiger partial charge is 0.410 e. The van der Waals surface area contributed by atoms with E-state index in [9.17, 15) is 4.79 Å². The highest BCUT2D eigenvalue weighted by molar-refractivity contribution is 5.85. The van der Waals surface area contributed by atoms with E-state index in [0.717, 1.165) is 25.8 Å². The van der Waals surface area contributed by atoms with Gasteiger partial charge in [-0.2, -0.15) is 0 Å². The zero-order chi connectivity index (χ0) is 20.7. The zero-order valence-electron chi connectivity index (χ0n) is 18.6. The Morgan fingerprint density at radius 3 is 2.62 bits per heavy atom. The first kappa shape index (κ1) is 20.3. The van der Waals surface area contributed by atoms with Crippen molar-refractivity contribution in [3.63, 3.8) is 0 Å². The van der Waals surface area contributed by atoms with E-state index >= 15 is 0 Å². The van der Waals surface area contributed by atoms with Crippen LogP contribution in [0.15, 0.2) is 24.3 Å². The van der Waals surface area contributed by atoms with Crippen molar-refractivity contribution in [3.05, 3.63) is 35.5 Å². The van der Waals surface area contributed by atoms with Crippen LogP contribution in [0.5, 0.6) is 0 Å². The van der Waals surface area contributed by atoms with E-state index in [-0.39, 0.29) is 18.2 Å². The molecule has 1 aliphatic carbocycles. The molecule has 4 rings (SSSR count). The van der Waals surface area contributed by atoms with E-state index in [1.807, 2.05) is 4.90 Å². The number of rotatable bonds is 3. The Labute approximate surface area is 175 Å². The predicted octanol–water partition coefficient (Wildman–Crippen LogP) is 6.32. The normalized spacial score (nSPS) is 27.5. The number of nitrogens with one attached hydrogen (secondary N) is 1. The molecule has 1 N–H and O–H groups in total. The lowest BCUT2D eigenvalue weighted by molar-refractivity contribution is -0.0200. The van der Waals surface area contributed by atoms with Crippen molar-refractivity contribution in [1.82, 2.24) is 9.88 Å². The Balaban J connectivity index is 1.59. The van der Waals surface area contributed by atoms with Crippen molar-refractivity contribution >= 4 is 17.0 Å². The Morgan fingerprint density at radius 2 is 1.90 bits per heavy atom. The Bertz CT molecular complexity index is 869. The molecule has 4 atom stereocenters. The molecule has 1 unspecified atom stereocenters. The largest absolute Gasteiger partial charge is 0.446 e. The lowest BCUT2D eigenvalue weighted by Gasteiger charge is -2.41. The summed E-state index contributed by atoms with van der Waals surface area (Å²) in [4.78, 5) is 19.0. The van der Waals surface area contributed by atoms with E-state index in [1.165, 1.54) is 28.6 Å². The van der Waals surface area contributed by atoms with Crippen molar-refractivity contribution in [2.24, 2.45) is 23.7 Å². The summed E-state index contributed by atoms with van der Waals surface area (Å²) in [5.41, 5.74) is 3.73. The Kier molecular flexibility index (Phi) is 5.63. The fourth-order valence-corrected chi connectivity index (χ4v) is 5.62. The molecule has 2 aromatic rings. The minimum absolute atomic E-state index is 0.0390. The Morgan fingerprint density at radius 1 is 1.14 bits per heavy atom. The van der Waals surface area contributed by atoms with Crippen molar-refractivity contribution in [2.45, 2.75) is 72.4 Å². The minimum Gasteiger partial charge on any atom is -0.446 e. The van der Waals surface area contributed by atoms with Gasteiger partial charge in [-0.15, -0.1) is 0 Å². The summed E-state index contributed by atoms with van der Waals surface area (Å²) in [5, 5.41) is 1.29. The molecule has 1 saturated carbocycles. The van der Waals surface area contributed by atoms with E-state index in [1.54, 1.807) is 0 Å². The maximum Gasteiger partial charge on any atom is 0.410 e. The van der Waals surface area contributed by atoms with E-state index < -0.39 is 0 Å². The maximum atomic E-state index is 13.4. The predicted molar refractivity (Wildman–Crippen MR) is 118 cm³/mol. The zero-order valence-corrected chi connectivity index (χ0v) is 18.6. The molecule has 0 bridgehead atoms. The average Bonchev–Trinajstić information content (AvgIpc) is 3.05. The second-order valence-electron chi connectivity index (χ2n) is 9.94. The molecule has 29 heavy (non-hydrogen) atoms. The fraction of sp³-hybridized carbons (Fsp3) is 0.640. The van der Waals surface area contributed by atoms with Gasteiger partial charge in [-0.1, -0.05) is 59.2 Å². The first-order valence-corrected chi connectivity index (χ1v) is 11.4. The second kappa shape index (κ2) is 8.04. The van der Waals surface area contributed by atoms with Crippen LogP contribution >= 0.6 is 0 Å². The average molecular weight is 397 g/mol. The Hall–Kier alpha value is -1.97. The second-order valence-corrected chi connectivity index (χ2v) is 9.94. The van der Waals surface area contributed by atoms with Crippen LogP contribution in [0.1, 0.15) is 71.2 Å². The topological polar surface area (TPSA) is 45.3 Å². The number of para-hydroxylation sites is 1. The van der Waals surface area contributed by atoms with Crippen LogP contribution in [0.3, 0.4) is 0 Å². The van der Waals surface area contributed by atoms with Crippen molar-refractivity contribution < 1.29 is 9.53 Å². The van der Waals surface area contributed by atoms with Crippen molar-refractivity contribution in [1.29, 1.82) is 0 Å². The maximum absolute atomic E-state index is 13.4. The van der Waals surface area contributed by atoms with Gasteiger partial charge in [0.25, 0.3) is 0 Å². The summed E-state index contributed by atoms with van der Waals surface area (Å²) >= 11 is 0. The third-order valence-electron chi connectivity index (χ3n) is 7.16. The SMILES string of the molecule is CC(C)C1c2[nH]c3ccccc3c2CCN1C(=O)O[C@@H]1C[C@H](C)CC[C@H]1C(C)C. The highest BCUT2D eigenvalue weighted by Gasteiger charge is 2.39. The number of hydrogen-bond acceptors (Lipinski definition) is 2. The third-order valence-corrected chi connectivity index (χ3v) is 7.16. The number of carbonyl (C=O) groups is 1. The molecule has 1 aliphatic heterocycles. The van der Waals surface area contributed by atoms with Crippen LogP contribution in [-0.2, 0) is 11.2 Å². The number of aromatic amines is 1. The third kappa shape index (κ3) is 3.78. The molecule has 0 spiro atoms. The molecule has 1 aromatic heterocycles. The molecule has 158 valence electrons. The van der Waals surface area contributed by atoms with Gasteiger partial charge in [-0.05, 0) is 54.6 Å². The van der Waals surface area contributed by atoms with Crippen LogP contribution in [0.25, 0.3) is 10.9 Å². The first-order valence-electron chi connectivity index (χ1n) is 11.4. The number of H-pyrrole nitrogens is 1. The molecule has 1 aromatic carbocycles. The number of fused-ring (bicyclic) bond motifs is 3. The first-order chi connectivity index (χ1) is 13.9. The molecule has 2 aliphatic rings. The number of carbonyl (C=O) groups excluding carboxylic acids is 1. The molecule has 4 heteroatoms. The summed E-state index contributed by atoms with van der Waals surface area (Å²) in [7, 11) is 0. The molecule has 2 heterocycles. The van der Waals surface area contributed by atoms with Crippen LogP contribution in [0, 0.1) is 23.7 Å². The highest BCUT2D eigenvalue weighted by atomic mass is 16.6. The van der Waals surface area contributed by atoms with Crippen LogP contribution in [0.2, 0.25) is 0 Å². The molecule has 0 radical (unpaired) electrons. The number of aromatic nitrogens is 1.